The van der Waals surface area contributed by atoms with Crippen LogP contribution in [0.4, 0.5) is 11.4 Å². The number of hydrogen-bond acceptors (Lipinski definition) is 1. The third-order valence-corrected chi connectivity index (χ3v) is 6.94. The zero-order chi connectivity index (χ0) is 24.7. The summed E-state index contributed by atoms with van der Waals surface area (Å²) in [5.74, 6) is 0. The summed E-state index contributed by atoms with van der Waals surface area (Å²) in [6.07, 6.45) is 0. The van der Waals surface area contributed by atoms with Crippen LogP contribution in [0.15, 0.2) is 121 Å². The van der Waals surface area contributed by atoms with E-state index in [1.807, 2.05) is 0 Å². The topological polar surface area (TPSA) is 17.0 Å². The number of fused-ring (bicyclic) bond motifs is 3. The van der Waals surface area contributed by atoms with Crippen molar-refractivity contribution in [1.29, 1.82) is 0 Å². The van der Waals surface area contributed by atoms with Crippen LogP contribution in [-0.2, 0) is 5.41 Å². The number of benzene rings is 5. The SMILES string of the molecule is CC(C)(C)c1ccc2c(c1)c1cc(Nc3ccccc3-c3ccccc3)ccc1n2-c1ccccc1. The standard InChI is InChI=1S/C34H30N2/c1-34(2,3)25-18-20-32-29(22-25)30-23-26(19-21-33(30)36(32)27-14-8-5-9-15-27)35-31-17-11-10-16-28(31)24-12-6-4-7-13-24/h4-23,35H,1-3H3. The van der Waals surface area contributed by atoms with Crippen LogP contribution in [0.2, 0.25) is 0 Å². The Labute approximate surface area is 212 Å². The van der Waals surface area contributed by atoms with Gasteiger partial charge in [-0.25, -0.2) is 0 Å². The molecule has 0 spiro atoms. The number of para-hydroxylation sites is 2. The van der Waals surface area contributed by atoms with Crippen molar-refractivity contribution in [3.05, 3.63) is 127 Å². The number of aromatic nitrogens is 1. The molecule has 0 unspecified atom stereocenters. The zero-order valence-electron chi connectivity index (χ0n) is 21.0. The molecule has 5 aromatic carbocycles. The average molecular weight is 467 g/mol. The van der Waals surface area contributed by atoms with Crippen LogP contribution >= 0.6 is 0 Å². The quantitative estimate of drug-likeness (QED) is 0.274. The largest absolute Gasteiger partial charge is 0.355 e. The fraction of sp³-hybridized carbons (Fsp3) is 0.118. The maximum Gasteiger partial charge on any atom is 0.0542 e. The summed E-state index contributed by atoms with van der Waals surface area (Å²) >= 11 is 0. The van der Waals surface area contributed by atoms with Gasteiger partial charge in [0, 0.05) is 33.4 Å². The van der Waals surface area contributed by atoms with Crippen LogP contribution in [-0.4, -0.2) is 4.57 Å². The van der Waals surface area contributed by atoms with Gasteiger partial charge in [-0.1, -0.05) is 93.6 Å². The lowest BCUT2D eigenvalue weighted by atomic mass is 9.86. The van der Waals surface area contributed by atoms with E-state index in [9.17, 15) is 0 Å². The second kappa shape index (κ2) is 8.73. The molecule has 6 aromatic rings. The van der Waals surface area contributed by atoms with Gasteiger partial charge in [-0.2, -0.15) is 0 Å². The second-order valence-electron chi connectivity index (χ2n) is 10.4. The zero-order valence-corrected chi connectivity index (χ0v) is 21.0. The van der Waals surface area contributed by atoms with Crippen molar-refractivity contribution in [1.82, 2.24) is 4.57 Å². The highest BCUT2D eigenvalue weighted by Gasteiger charge is 2.18. The first-order valence-corrected chi connectivity index (χ1v) is 12.5. The Morgan fingerprint density at radius 3 is 1.92 bits per heavy atom. The molecule has 2 heteroatoms. The summed E-state index contributed by atoms with van der Waals surface area (Å²) in [7, 11) is 0. The van der Waals surface area contributed by atoms with Gasteiger partial charge >= 0.3 is 0 Å². The summed E-state index contributed by atoms with van der Waals surface area (Å²) < 4.78 is 2.37. The van der Waals surface area contributed by atoms with Crippen molar-refractivity contribution in [2.24, 2.45) is 0 Å². The van der Waals surface area contributed by atoms with E-state index in [0.717, 1.165) is 11.4 Å². The number of nitrogens with zero attached hydrogens (tertiary/aromatic N) is 1. The van der Waals surface area contributed by atoms with Gasteiger partial charge in [0.15, 0.2) is 0 Å². The Kier molecular flexibility index (Phi) is 5.38. The minimum absolute atomic E-state index is 0.0832. The minimum atomic E-state index is 0.0832. The molecule has 0 bridgehead atoms. The van der Waals surface area contributed by atoms with Crippen molar-refractivity contribution in [2.45, 2.75) is 26.2 Å². The predicted octanol–water partition coefficient (Wildman–Crippen LogP) is 9.49. The molecule has 0 aliphatic rings. The van der Waals surface area contributed by atoms with Crippen molar-refractivity contribution in [3.8, 4) is 16.8 Å². The lowest BCUT2D eigenvalue weighted by Crippen LogP contribution is -2.10. The van der Waals surface area contributed by atoms with Crippen LogP contribution in [0.5, 0.6) is 0 Å². The summed E-state index contributed by atoms with van der Waals surface area (Å²) in [4.78, 5) is 0. The van der Waals surface area contributed by atoms with Crippen LogP contribution in [0.3, 0.4) is 0 Å². The third-order valence-electron chi connectivity index (χ3n) is 6.94. The monoisotopic (exact) mass is 466 g/mol. The molecule has 1 aromatic heterocycles. The van der Waals surface area contributed by atoms with Crippen LogP contribution in [0.1, 0.15) is 26.3 Å². The Hall–Kier alpha value is -4.30. The molecule has 0 saturated heterocycles. The van der Waals surface area contributed by atoms with E-state index in [-0.39, 0.29) is 5.41 Å². The lowest BCUT2D eigenvalue weighted by molar-refractivity contribution is 0.591. The minimum Gasteiger partial charge on any atom is -0.355 e. The van der Waals surface area contributed by atoms with E-state index in [1.165, 1.54) is 44.2 Å². The molecule has 0 amide bonds. The predicted molar refractivity (Wildman–Crippen MR) is 155 cm³/mol. The highest BCUT2D eigenvalue weighted by Crippen LogP contribution is 2.37. The van der Waals surface area contributed by atoms with Gasteiger partial charge in [-0.3, -0.25) is 0 Å². The van der Waals surface area contributed by atoms with E-state index >= 15 is 0 Å². The number of hydrogen-bond donors (Lipinski definition) is 1. The smallest absolute Gasteiger partial charge is 0.0542 e. The molecule has 0 fully saturated rings. The van der Waals surface area contributed by atoms with Gasteiger partial charge in [0.1, 0.15) is 0 Å². The van der Waals surface area contributed by atoms with E-state index < -0.39 is 0 Å². The van der Waals surface area contributed by atoms with E-state index in [0.29, 0.717) is 0 Å². The van der Waals surface area contributed by atoms with Crippen molar-refractivity contribution >= 4 is 33.2 Å². The maximum absolute atomic E-state index is 3.71. The third kappa shape index (κ3) is 3.95. The molecule has 36 heavy (non-hydrogen) atoms. The Morgan fingerprint density at radius 1 is 0.583 bits per heavy atom. The van der Waals surface area contributed by atoms with E-state index in [1.54, 1.807) is 0 Å². The normalized spacial score (nSPS) is 11.8. The number of anilines is 2. The summed E-state index contributed by atoms with van der Waals surface area (Å²) in [6.45, 7) is 6.83. The molecule has 0 atom stereocenters. The molecule has 1 N–H and O–H groups in total. The molecule has 0 saturated carbocycles. The van der Waals surface area contributed by atoms with Gasteiger partial charge < -0.3 is 9.88 Å². The molecular weight excluding hydrogens is 436 g/mol. The van der Waals surface area contributed by atoms with E-state index in [2.05, 4.69) is 152 Å². The summed E-state index contributed by atoms with van der Waals surface area (Å²) in [5.41, 5.74) is 9.63. The Morgan fingerprint density at radius 2 is 1.19 bits per heavy atom. The fourth-order valence-corrected chi connectivity index (χ4v) is 5.04. The average Bonchev–Trinajstić information content (AvgIpc) is 3.23. The number of nitrogens with one attached hydrogen (secondary N) is 1. The molecule has 2 nitrogen and oxygen atoms in total. The Balaban J connectivity index is 1.53. The molecule has 0 aliphatic heterocycles. The molecular formula is C34H30N2. The van der Waals surface area contributed by atoms with E-state index in [4.69, 9.17) is 0 Å². The first-order chi connectivity index (χ1) is 17.5. The first kappa shape index (κ1) is 22.2. The van der Waals surface area contributed by atoms with Crippen LogP contribution in [0, 0.1) is 0 Å². The molecule has 0 aliphatic carbocycles. The number of rotatable bonds is 4. The van der Waals surface area contributed by atoms with Gasteiger partial charge in [0.05, 0.1) is 11.0 Å². The van der Waals surface area contributed by atoms with Crippen LogP contribution in [0.25, 0.3) is 38.6 Å². The molecule has 176 valence electrons. The Bertz CT molecular complexity index is 1670. The summed E-state index contributed by atoms with van der Waals surface area (Å²) in [5, 5.41) is 6.24. The maximum atomic E-state index is 3.71. The van der Waals surface area contributed by atoms with Gasteiger partial charge in [0.2, 0.25) is 0 Å². The lowest BCUT2D eigenvalue weighted by Gasteiger charge is -2.19. The molecule has 6 rings (SSSR count). The van der Waals surface area contributed by atoms with Gasteiger partial charge in [-0.05, 0) is 65.1 Å². The summed E-state index contributed by atoms with van der Waals surface area (Å²) in [6, 6.07) is 43.3. The highest BCUT2D eigenvalue weighted by atomic mass is 15.0. The van der Waals surface area contributed by atoms with Crippen LogP contribution < -0.4 is 5.32 Å². The molecule has 1 heterocycles. The van der Waals surface area contributed by atoms with Gasteiger partial charge in [-0.15, -0.1) is 0 Å². The molecule has 0 radical (unpaired) electrons. The van der Waals surface area contributed by atoms with Crippen molar-refractivity contribution < 1.29 is 0 Å². The fourth-order valence-electron chi connectivity index (χ4n) is 5.04. The van der Waals surface area contributed by atoms with Gasteiger partial charge in [0.25, 0.3) is 0 Å². The second-order valence-corrected chi connectivity index (χ2v) is 10.4. The van der Waals surface area contributed by atoms with Crippen molar-refractivity contribution in [3.63, 3.8) is 0 Å². The first-order valence-electron chi connectivity index (χ1n) is 12.5. The van der Waals surface area contributed by atoms with Crippen molar-refractivity contribution in [2.75, 3.05) is 5.32 Å². The highest BCUT2D eigenvalue weighted by molar-refractivity contribution is 6.10.